The lowest BCUT2D eigenvalue weighted by molar-refractivity contribution is 0.660. The molecular formula is C31H29N. The maximum Gasteiger partial charge on any atom is 0.0662 e. The predicted molar refractivity (Wildman–Crippen MR) is 137 cm³/mol. The molecule has 4 aromatic carbocycles. The summed E-state index contributed by atoms with van der Waals surface area (Å²) >= 11 is 0. The Kier molecular flexibility index (Phi) is 4.86. The number of hydrogen-bond acceptors (Lipinski definition) is 1. The molecule has 0 saturated carbocycles. The van der Waals surface area contributed by atoms with Gasteiger partial charge < -0.3 is 0 Å². The molecule has 0 spiro atoms. The average molecular weight is 416 g/mol. The van der Waals surface area contributed by atoms with Crippen molar-refractivity contribution in [3.05, 3.63) is 113 Å². The molecule has 158 valence electrons. The summed E-state index contributed by atoms with van der Waals surface area (Å²) in [7, 11) is 0. The van der Waals surface area contributed by atoms with E-state index in [1.807, 2.05) is 6.07 Å². The second-order valence-electron chi connectivity index (χ2n) is 9.50. The third kappa shape index (κ3) is 3.39. The third-order valence-corrected chi connectivity index (χ3v) is 6.87. The maximum atomic E-state index is 4.84. The largest absolute Gasteiger partial charge is 0.253 e. The fourth-order valence-corrected chi connectivity index (χ4v) is 4.87. The molecule has 1 nitrogen and oxygen atoms in total. The van der Waals surface area contributed by atoms with Crippen LogP contribution in [0.5, 0.6) is 0 Å². The Morgan fingerprint density at radius 2 is 1.31 bits per heavy atom. The van der Waals surface area contributed by atoms with Crippen LogP contribution in [0.2, 0.25) is 0 Å². The highest BCUT2D eigenvalue weighted by atomic mass is 14.7. The summed E-state index contributed by atoms with van der Waals surface area (Å²) in [6, 6.07) is 30.8. The van der Waals surface area contributed by atoms with E-state index in [0.29, 0.717) is 0 Å². The number of fused-ring (bicyclic) bond motifs is 3. The van der Waals surface area contributed by atoms with Crippen LogP contribution in [0.1, 0.15) is 48.6 Å². The Hall–Kier alpha value is -3.45. The Labute approximate surface area is 191 Å². The van der Waals surface area contributed by atoms with E-state index in [2.05, 4.69) is 113 Å². The van der Waals surface area contributed by atoms with Crippen molar-refractivity contribution in [1.29, 1.82) is 0 Å². The standard InChI is InChI=1S/C31H29N/c1-20-10-16-26-27-17-15-25(19-29(27)31(4,5)28(26)18-20)24-13-11-23(12-14-24)22(3)32-30-9-7-6-8-21(30)2/h6-19H,1-5H3/b32-22+. The zero-order chi connectivity index (χ0) is 22.5. The van der Waals surface area contributed by atoms with Crippen LogP contribution in [0.3, 0.4) is 0 Å². The fourth-order valence-electron chi connectivity index (χ4n) is 4.87. The first-order valence-corrected chi connectivity index (χ1v) is 11.3. The normalized spacial score (nSPS) is 14.2. The summed E-state index contributed by atoms with van der Waals surface area (Å²) in [6.07, 6.45) is 0. The topological polar surface area (TPSA) is 12.4 Å². The minimum atomic E-state index is 0.0173. The second kappa shape index (κ2) is 7.60. The minimum absolute atomic E-state index is 0.0173. The molecule has 1 aliphatic rings. The summed E-state index contributed by atoms with van der Waals surface area (Å²) in [5, 5.41) is 0. The van der Waals surface area contributed by atoms with Gasteiger partial charge in [-0.2, -0.15) is 0 Å². The average Bonchev–Trinajstić information content (AvgIpc) is 3.01. The van der Waals surface area contributed by atoms with Gasteiger partial charge in [0.2, 0.25) is 0 Å². The molecule has 1 heteroatoms. The zero-order valence-corrected chi connectivity index (χ0v) is 19.5. The number of benzene rings is 4. The number of aryl methyl sites for hydroxylation is 2. The first-order valence-electron chi connectivity index (χ1n) is 11.3. The second-order valence-corrected chi connectivity index (χ2v) is 9.50. The van der Waals surface area contributed by atoms with E-state index < -0.39 is 0 Å². The molecule has 0 aromatic heterocycles. The van der Waals surface area contributed by atoms with Crippen LogP contribution in [0.15, 0.2) is 89.9 Å². The van der Waals surface area contributed by atoms with Gasteiger partial charge in [-0.05, 0) is 77.4 Å². The number of rotatable bonds is 3. The lowest BCUT2D eigenvalue weighted by atomic mass is 9.81. The van der Waals surface area contributed by atoms with E-state index in [4.69, 9.17) is 4.99 Å². The molecule has 0 unspecified atom stereocenters. The molecule has 5 rings (SSSR count). The van der Waals surface area contributed by atoms with Gasteiger partial charge in [-0.25, -0.2) is 0 Å². The molecular weight excluding hydrogens is 386 g/mol. The van der Waals surface area contributed by atoms with E-state index in [-0.39, 0.29) is 5.41 Å². The summed E-state index contributed by atoms with van der Waals surface area (Å²) in [5.41, 5.74) is 13.8. The monoisotopic (exact) mass is 415 g/mol. The van der Waals surface area contributed by atoms with Crippen molar-refractivity contribution in [2.75, 3.05) is 0 Å². The number of nitrogens with zero attached hydrogens (tertiary/aromatic N) is 1. The summed E-state index contributed by atoms with van der Waals surface area (Å²) < 4.78 is 0. The predicted octanol–water partition coefficient (Wildman–Crippen LogP) is 8.42. The van der Waals surface area contributed by atoms with Crippen LogP contribution >= 0.6 is 0 Å². The molecule has 1 aliphatic carbocycles. The van der Waals surface area contributed by atoms with Gasteiger partial charge in [0, 0.05) is 11.1 Å². The highest BCUT2D eigenvalue weighted by Crippen LogP contribution is 2.49. The Balaban J connectivity index is 1.48. The molecule has 0 saturated heterocycles. The van der Waals surface area contributed by atoms with Crippen molar-refractivity contribution in [2.45, 2.75) is 40.0 Å². The molecule has 0 aliphatic heterocycles. The van der Waals surface area contributed by atoms with E-state index in [9.17, 15) is 0 Å². The fraction of sp³-hybridized carbons (Fsp3) is 0.194. The van der Waals surface area contributed by atoms with E-state index in [0.717, 1.165) is 17.0 Å². The summed E-state index contributed by atoms with van der Waals surface area (Å²) in [4.78, 5) is 4.84. The minimum Gasteiger partial charge on any atom is -0.253 e. The molecule has 0 amide bonds. The number of para-hydroxylation sites is 1. The Bertz CT molecular complexity index is 1350. The van der Waals surface area contributed by atoms with Crippen LogP contribution in [0.25, 0.3) is 22.3 Å². The van der Waals surface area contributed by atoms with Crippen LogP contribution in [-0.4, -0.2) is 5.71 Å². The highest BCUT2D eigenvalue weighted by molar-refractivity contribution is 6.00. The van der Waals surface area contributed by atoms with Crippen LogP contribution in [0.4, 0.5) is 5.69 Å². The van der Waals surface area contributed by atoms with Gasteiger partial charge in [-0.15, -0.1) is 0 Å². The quantitative estimate of drug-likeness (QED) is 0.298. The maximum absolute atomic E-state index is 4.84. The van der Waals surface area contributed by atoms with Gasteiger partial charge >= 0.3 is 0 Å². The van der Waals surface area contributed by atoms with Crippen molar-refractivity contribution in [1.82, 2.24) is 0 Å². The van der Waals surface area contributed by atoms with Crippen molar-refractivity contribution >= 4 is 11.4 Å². The van der Waals surface area contributed by atoms with Crippen molar-refractivity contribution in [3.8, 4) is 22.3 Å². The molecule has 0 heterocycles. The zero-order valence-electron chi connectivity index (χ0n) is 19.5. The Morgan fingerprint density at radius 3 is 2.03 bits per heavy atom. The van der Waals surface area contributed by atoms with Crippen LogP contribution < -0.4 is 0 Å². The number of aliphatic imine (C=N–C) groups is 1. The van der Waals surface area contributed by atoms with E-state index in [1.165, 1.54) is 44.5 Å². The van der Waals surface area contributed by atoms with E-state index in [1.54, 1.807) is 0 Å². The van der Waals surface area contributed by atoms with Gasteiger partial charge in [0.1, 0.15) is 0 Å². The van der Waals surface area contributed by atoms with Crippen molar-refractivity contribution in [3.63, 3.8) is 0 Å². The van der Waals surface area contributed by atoms with Crippen molar-refractivity contribution in [2.24, 2.45) is 4.99 Å². The van der Waals surface area contributed by atoms with Gasteiger partial charge in [-0.3, -0.25) is 4.99 Å². The third-order valence-electron chi connectivity index (χ3n) is 6.87. The molecule has 0 radical (unpaired) electrons. The molecule has 32 heavy (non-hydrogen) atoms. The van der Waals surface area contributed by atoms with Crippen LogP contribution in [-0.2, 0) is 5.41 Å². The van der Waals surface area contributed by atoms with E-state index >= 15 is 0 Å². The lowest BCUT2D eigenvalue weighted by Crippen LogP contribution is -2.15. The van der Waals surface area contributed by atoms with Gasteiger partial charge in [0.25, 0.3) is 0 Å². The Morgan fingerprint density at radius 1 is 0.688 bits per heavy atom. The van der Waals surface area contributed by atoms with Crippen molar-refractivity contribution < 1.29 is 0 Å². The number of hydrogen-bond donors (Lipinski definition) is 0. The molecule has 0 atom stereocenters. The smallest absolute Gasteiger partial charge is 0.0662 e. The highest BCUT2D eigenvalue weighted by Gasteiger charge is 2.35. The molecule has 0 bridgehead atoms. The summed E-state index contributed by atoms with van der Waals surface area (Å²) in [6.45, 7) is 11.0. The van der Waals surface area contributed by atoms with Gasteiger partial charge in [-0.1, -0.05) is 92.2 Å². The SMILES string of the molecule is C/C(=N\c1ccccc1C)c1ccc(-c2ccc3c(c2)C(C)(C)c2cc(C)ccc2-3)cc1. The first kappa shape index (κ1) is 20.5. The first-order chi connectivity index (χ1) is 15.3. The lowest BCUT2D eigenvalue weighted by Gasteiger charge is -2.22. The molecule has 0 N–H and O–H groups in total. The summed E-state index contributed by atoms with van der Waals surface area (Å²) in [5.74, 6) is 0. The van der Waals surface area contributed by atoms with Gasteiger partial charge in [0.15, 0.2) is 0 Å². The van der Waals surface area contributed by atoms with Crippen LogP contribution in [0, 0.1) is 13.8 Å². The van der Waals surface area contributed by atoms with Gasteiger partial charge in [0.05, 0.1) is 5.69 Å². The molecule has 4 aromatic rings. The molecule has 0 fully saturated rings.